The van der Waals surface area contributed by atoms with Gasteiger partial charge in [0.2, 0.25) is 5.91 Å². The smallest absolute Gasteiger partial charge is 0.255 e. The summed E-state index contributed by atoms with van der Waals surface area (Å²) in [7, 11) is 1.35. The van der Waals surface area contributed by atoms with E-state index in [1.165, 1.54) is 19.2 Å². The zero-order chi connectivity index (χ0) is 19.9. The quantitative estimate of drug-likeness (QED) is 0.876. The van der Waals surface area contributed by atoms with Gasteiger partial charge in [-0.1, -0.05) is 26.8 Å². The molecule has 2 amide bonds. The molecule has 2 fully saturated rings. The Morgan fingerprint density at radius 2 is 2.00 bits per heavy atom. The normalized spacial score (nSPS) is 25.4. The van der Waals surface area contributed by atoms with Crippen LogP contribution >= 0.6 is 0 Å². The van der Waals surface area contributed by atoms with Gasteiger partial charge in [-0.05, 0) is 49.7 Å². The van der Waals surface area contributed by atoms with E-state index in [0.717, 1.165) is 19.3 Å². The molecule has 0 radical (unpaired) electrons. The van der Waals surface area contributed by atoms with Crippen LogP contribution in [0.5, 0.6) is 5.75 Å². The van der Waals surface area contributed by atoms with Gasteiger partial charge in [0.25, 0.3) is 5.91 Å². The minimum Gasteiger partial charge on any atom is -0.494 e. The van der Waals surface area contributed by atoms with E-state index in [9.17, 15) is 14.0 Å². The number of piperidine rings is 1. The average Bonchev–Trinajstić information content (AvgIpc) is 3.19. The topological polar surface area (TPSA) is 58.6 Å². The van der Waals surface area contributed by atoms with Crippen molar-refractivity contribution in [1.29, 1.82) is 0 Å². The molecule has 1 aromatic rings. The number of likely N-dealkylation sites (tertiary alicyclic amines) is 1. The molecule has 2 aliphatic rings. The Kier molecular flexibility index (Phi) is 5.19. The highest BCUT2D eigenvalue weighted by atomic mass is 19.1. The molecule has 4 atom stereocenters. The summed E-state index contributed by atoms with van der Waals surface area (Å²) >= 11 is 0. The Hall–Kier alpha value is -2.11. The highest BCUT2D eigenvalue weighted by molar-refractivity contribution is 5.98. The summed E-state index contributed by atoms with van der Waals surface area (Å²) in [6.07, 6.45) is 3.23. The van der Waals surface area contributed by atoms with Gasteiger partial charge in [-0.3, -0.25) is 9.59 Å². The molecule has 1 aliphatic heterocycles. The van der Waals surface area contributed by atoms with Crippen LogP contribution in [0.25, 0.3) is 0 Å². The first-order chi connectivity index (χ1) is 12.6. The number of hydrogen-bond donors (Lipinski definition) is 1. The monoisotopic (exact) mass is 376 g/mol. The number of benzene rings is 1. The lowest BCUT2D eigenvalue weighted by molar-refractivity contribution is -0.139. The molecule has 1 unspecified atom stereocenters. The first-order valence-electron chi connectivity index (χ1n) is 9.60. The molecule has 3 rings (SSSR count). The standard InChI is InChI=1S/C21H29FN2O3/c1-12-13-9-10-14(11-13)24(12)20(26)18(21(2,3)4)23-19(25)15-7-6-8-16(27-5)17(15)22/h6-8,12-14,18H,9-11H2,1-5H3,(H,23,25)/t12-,13+,14-,18?/m1/s1. The van der Waals surface area contributed by atoms with Gasteiger partial charge in [0, 0.05) is 12.1 Å². The third-order valence-corrected chi connectivity index (χ3v) is 6.03. The fourth-order valence-corrected chi connectivity index (χ4v) is 4.47. The van der Waals surface area contributed by atoms with Gasteiger partial charge >= 0.3 is 0 Å². The predicted octanol–water partition coefficient (Wildman–Crippen LogP) is 3.38. The zero-order valence-electron chi connectivity index (χ0n) is 16.7. The lowest BCUT2D eigenvalue weighted by Crippen LogP contribution is -2.58. The Morgan fingerprint density at radius 1 is 1.30 bits per heavy atom. The van der Waals surface area contributed by atoms with Gasteiger partial charge in [0.1, 0.15) is 6.04 Å². The number of carbonyl (C=O) groups excluding carboxylic acids is 2. The van der Waals surface area contributed by atoms with Crippen LogP contribution in [-0.2, 0) is 4.79 Å². The van der Waals surface area contributed by atoms with Crippen LogP contribution in [0.3, 0.4) is 0 Å². The van der Waals surface area contributed by atoms with Crippen LogP contribution in [-0.4, -0.2) is 41.9 Å². The van der Waals surface area contributed by atoms with Crippen molar-refractivity contribution >= 4 is 11.8 Å². The minimum atomic E-state index is -0.725. The Bertz CT molecular complexity index is 741. The Morgan fingerprint density at radius 3 is 2.56 bits per heavy atom. The van der Waals surface area contributed by atoms with Crippen LogP contribution in [0, 0.1) is 17.2 Å². The first-order valence-corrected chi connectivity index (χ1v) is 9.60. The van der Waals surface area contributed by atoms with Crippen LogP contribution in [0.4, 0.5) is 4.39 Å². The van der Waals surface area contributed by atoms with E-state index in [-0.39, 0.29) is 29.3 Å². The maximum atomic E-state index is 14.5. The maximum absolute atomic E-state index is 14.5. The molecule has 1 N–H and O–H groups in total. The molecule has 1 aromatic carbocycles. The lowest BCUT2D eigenvalue weighted by Gasteiger charge is -2.39. The number of rotatable bonds is 4. The van der Waals surface area contributed by atoms with Crippen LogP contribution < -0.4 is 10.1 Å². The van der Waals surface area contributed by atoms with Crippen molar-refractivity contribution in [2.75, 3.05) is 7.11 Å². The molecule has 148 valence electrons. The number of nitrogens with one attached hydrogen (secondary N) is 1. The molecular formula is C21H29FN2O3. The third kappa shape index (κ3) is 3.54. The molecule has 0 spiro atoms. The summed E-state index contributed by atoms with van der Waals surface area (Å²) in [6, 6.07) is 4.14. The number of halogens is 1. The summed E-state index contributed by atoms with van der Waals surface area (Å²) in [4.78, 5) is 28.1. The summed E-state index contributed by atoms with van der Waals surface area (Å²) in [5.41, 5.74) is -0.615. The molecule has 5 nitrogen and oxygen atoms in total. The van der Waals surface area contributed by atoms with Crippen molar-refractivity contribution in [3.05, 3.63) is 29.6 Å². The van der Waals surface area contributed by atoms with Crippen LogP contribution in [0.1, 0.15) is 57.3 Å². The van der Waals surface area contributed by atoms with Crippen molar-refractivity contribution in [2.24, 2.45) is 11.3 Å². The maximum Gasteiger partial charge on any atom is 0.255 e. The highest BCUT2D eigenvalue weighted by Gasteiger charge is 2.49. The molecule has 27 heavy (non-hydrogen) atoms. The molecular weight excluding hydrogens is 347 g/mol. The number of amides is 2. The number of methoxy groups -OCH3 is 1. The zero-order valence-corrected chi connectivity index (χ0v) is 16.7. The van der Waals surface area contributed by atoms with E-state index >= 15 is 0 Å². The van der Waals surface area contributed by atoms with Crippen LogP contribution in [0.2, 0.25) is 0 Å². The largest absolute Gasteiger partial charge is 0.494 e. The second-order valence-electron chi connectivity index (χ2n) is 8.81. The second-order valence-corrected chi connectivity index (χ2v) is 8.81. The molecule has 2 bridgehead atoms. The van der Waals surface area contributed by atoms with E-state index in [0.29, 0.717) is 5.92 Å². The Labute approximate surface area is 160 Å². The second kappa shape index (κ2) is 7.13. The number of fused-ring (bicyclic) bond motifs is 2. The summed E-state index contributed by atoms with van der Waals surface area (Å²) in [5.74, 6) is -0.834. The number of hydrogen-bond acceptors (Lipinski definition) is 3. The van der Waals surface area contributed by atoms with E-state index in [1.54, 1.807) is 6.07 Å². The lowest BCUT2D eigenvalue weighted by atomic mass is 9.84. The van der Waals surface area contributed by atoms with Gasteiger partial charge in [-0.15, -0.1) is 0 Å². The number of nitrogens with zero attached hydrogens (tertiary/aromatic N) is 1. The predicted molar refractivity (Wildman–Crippen MR) is 101 cm³/mol. The van der Waals surface area contributed by atoms with Crippen LogP contribution in [0.15, 0.2) is 18.2 Å². The fourth-order valence-electron chi connectivity index (χ4n) is 4.47. The van der Waals surface area contributed by atoms with Crippen molar-refractivity contribution < 1.29 is 18.7 Å². The van der Waals surface area contributed by atoms with Crippen molar-refractivity contribution in [1.82, 2.24) is 10.2 Å². The van der Waals surface area contributed by atoms with Gasteiger partial charge in [0.05, 0.1) is 12.7 Å². The molecule has 0 aromatic heterocycles. The van der Waals surface area contributed by atoms with E-state index in [4.69, 9.17) is 4.74 Å². The SMILES string of the molecule is COc1cccc(C(=O)NC(C(=O)N2[C@@H]3CC[C@@H](C3)[C@H]2C)C(C)(C)C)c1F. The number of carbonyl (C=O) groups is 2. The van der Waals surface area contributed by atoms with Gasteiger partial charge in [-0.25, -0.2) is 4.39 Å². The molecule has 1 saturated carbocycles. The van der Waals surface area contributed by atoms with Gasteiger partial charge in [-0.2, -0.15) is 0 Å². The molecule has 1 saturated heterocycles. The van der Waals surface area contributed by atoms with E-state index in [1.807, 2.05) is 25.7 Å². The van der Waals surface area contributed by atoms with Crippen molar-refractivity contribution in [2.45, 2.75) is 65.1 Å². The molecule has 1 aliphatic carbocycles. The van der Waals surface area contributed by atoms with Gasteiger partial charge in [0.15, 0.2) is 11.6 Å². The summed E-state index contributed by atoms with van der Waals surface area (Å²) in [6.45, 7) is 7.83. The minimum absolute atomic E-state index is 0.00626. The molecule has 1 heterocycles. The Balaban J connectivity index is 1.84. The van der Waals surface area contributed by atoms with Crippen molar-refractivity contribution in [3.63, 3.8) is 0 Å². The van der Waals surface area contributed by atoms with Gasteiger partial charge < -0.3 is 15.0 Å². The van der Waals surface area contributed by atoms with E-state index in [2.05, 4.69) is 12.2 Å². The highest BCUT2D eigenvalue weighted by Crippen LogP contribution is 2.43. The van der Waals surface area contributed by atoms with E-state index < -0.39 is 23.2 Å². The molecule has 6 heteroatoms. The third-order valence-electron chi connectivity index (χ3n) is 6.03. The first kappa shape index (κ1) is 19.6. The fraction of sp³-hybridized carbons (Fsp3) is 0.619. The van der Waals surface area contributed by atoms with Crippen molar-refractivity contribution in [3.8, 4) is 5.75 Å². The summed E-state index contributed by atoms with van der Waals surface area (Å²) in [5, 5.41) is 2.80. The summed E-state index contributed by atoms with van der Waals surface area (Å²) < 4.78 is 19.4. The average molecular weight is 376 g/mol. The number of ether oxygens (including phenoxy) is 1.